The zero-order valence-corrected chi connectivity index (χ0v) is 45.7. The van der Waals surface area contributed by atoms with Crippen molar-refractivity contribution >= 4 is 75.6 Å². The van der Waals surface area contributed by atoms with Crippen LogP contribution in [-0.4, -0.2) is 151 Å². The van der Waals surface area contributed by atoms with Crippen molar-refractivity contribution in [3.05, 3.63) is 179 Å². The molecule has 5 N–H and O–H groups in total. The third kappa shape index (κ3) is 19.1. The fourth-order valence-corrected chi connectivity index (χ4v) is 9.11. The molecule has 0 radical (unpaired) electrons. The predicted molar refractivity (Wildman–Crippen MR) is 308 cm³/mol. The number of likely N-dealkylation sites (tertiary alicyclic amines) is 1. The minimum Gasteiger partial charge on any atom is -0.477 e. The Morgan fingerprint density at radius 1 is 0.506 bits per heavy atom. The zero-order valence-electron chi connectivity index (χ0n) is 44.2. The number of carboxylic acids is 1. The molecule has 3 fully saturated rings. The highest BCUT2D eigenvalue weighted by molar-refractivity contribution is 6.29. The van der Waals surface area contributed by atoms with Crippen LogP contribution in [0.5, 0.6) is 0 Å². The van der Waals surface area contributed by atoms with Crippen LogP contribution >= 0.6 is 23.2 Å². The number of nitrogens with zero attached hydrogens (tertiary/aromatic N) is 11. The van der Waals surface area contributed by atoms with Gasteiger partial charge in [0.25, 0.3) is 17.7 Å². The molecule has 3 aliphatic heterocycles. The summed E-state index contributed by atoms with van der Waals surface area (Å²) in [7, 11) is 0. The van der Waals surface area contributed by atoms with Gasteiger partial charge in [-0.15, -0.1) is 0 Å². The van der Waals surface area contributed by atoms with Crippen LogP contribution in [0.2, 0.25) is 10.3 Å². The topological polar surface area (TPSA) is 240 Å². The maximum Gasteiger partial charge on any atom is 0.354 e. The quantitative estimate of drug-likeness (QED) is 0.0763. The van der Waals surface area contributed by atoms with Gasteiger partial charge in [-0.1, -0.05) is 47.5 Å². The third-order valence-corrected chi connectivity index (χ3v) is 13.3. The van der Waals surface area contributed by atoms with Gasteiger partial charge in [-0.05, 0) is 144 Å². The largest absolute Gasteiger partial charge is 0.477 e. The minimum absolute atomic E-state index is 0.0347. The van der Waals surface area contributed by atoms with Crippen molar-refractivity contribution in [3.8, 4) is 0 Å². The van der Waals surface area contributed by atoms with Gasteiger partial charge in [-0.2, -0.15) is 0 Å². The van der Waals surface area contributed by atoms with E-state index in [0.717, 1.165) is 82.5 Å². The van der Waals surface area contributed by atoms with E-state index in [0.29, 0.717) is 40.0 Å². The van der Waals surface area contributed by atoms with Gasteiger partial charge >= 0.3 is 5.97 Å². The SMILES string of the molecule is CC(C)N1CCC(N2CCCN(c3cccc(C(=O)Nc4ccncc4)n3)CC2)CC1.O=C(Nc1ccncc1)c1cccc(Cl)n1.O=C(Nc1ccncc1)c1cccc(N2CCCNCC2)n1.O=C(O)c1cccc(Cl)n1. The number of halogens is 2. The number of pyridine rings is 7. The average molecular weight is 1110 g/mol. The predicted octanol–water partition coefficient (Wildman–Crippen LogP) is 8.46. The van der Waals surface area contributed by atoms with Crippen LogP contribution in [0.1, 0.15) is 81.5 Å². The third-order valence-electron chi connectivity index (χ3n) is 12.9. The summed E-state index contributed by atoms with van der Waals surface area (Å²) in [6.45, 7) is 15.0. The number of hydrogen-bond donors (Lipinski definition) is 5. The number of piperidine rings is 1. The first-order valence-corrected chi connectivity index (χ1v) is 26.9. The first-order chi connectivity index (χ1) is 38.4. The molecule has 0 unspecified atom stereocenters. The molecule has 3 saturated heterocycles. The Morgan fingerprint density at radius 3 is 1.39 bits per heavy atom. The maximum atomic E-state index is 12.6. The first kappa shape index (κ1) is 58.7. The number of carbonyl (C=O) groups excluding carboxylic acids is 3. The second-order valence-electron chi connectivity index (χ2n) is 18.7. The van der Waals surface area contributed by atoms with Crippen LogP contribution in [-0.2, 0) is 0 Å². The second-order valence-corrected chi connectivity index (χ2v) is 19.4. The van der Waals surface area contributed by atoms with E-state index < -0.39 is 5.97 Å². The molecule has 0 bridgehead atoms. The van der Waals surface area contributed by atoms with Crippen LogP contribution < -0.4 is 31.1 Å². The number of rotatable bonds is 11. The molecule has 0 spiro atoms. The van der Waals surface area contributed by atoms with Crippen molar-refractivity contribution in [1.82, 2.24) is 50.0 Å². The zero-order chi connectivity index (χ0) is 55.8. The molecule has 22 heteroatoms. The molecule has 10 rings (SSSR count). The van der Waals surface area contributed by atoms with E-state index in [2.05, 4.69) is 89.6 Å². The molecule has 412 valence electrons. The summed E-state index contributed by atoms with van der Waals surface area (Å²) in [5.74, 6) is -0.0245. The molecule has 7 aromatic rings. The molecule has 0 atom stereocenters. The number of aromatic nitrogens is 7. The van der Waals surface area contributed by atoms with Crippen molar-refractivity contribution in [3.63, 3.8) is 0 Å². The highest BCUT2D eigenvalue weighted by atomic mass is 35.5. The van der Waals surface area contributed by atoms with E-state index in [-0.39, 0.29) is 34.3 Å². The number of aromatic carboxylic acids is 1. The van der Waals surface area contributed by atoms with Crippen molar-refractivity contribution in [1.29, 1.82) is 0 Å². The molecular formula is C57H65Cl2N15O5. The minimum atomic E-state index is -1.07. The Kier molecular flexibility index (Phi) is 22.9. The standard InChI is InChI=1S/C24H34N6O.C16H19N5O.C11H8ClN3O.C6H4ClNO2/c1-19(2)28-15-9-21(10-16-28)29-13-4-14-30(18-17-29)23-6-3-5-22(27-23)24(31)26-20-7-11-25-12-8-20;22-16(19-13-5-8-18-9-6-13)14-3-1-4-15(20-14)21-11-2-7-17-10-12-21;12-10-3-1-2-9(15-10)11(16)14-8-4-6-13-7-5-8;7-5-3-1-2-4(8-5)6(9)10/h3,5-8,11-12,19,21H,4,9-10,13-18H2,1-2H3,(H,25,26,31);1,3-6,8-9,17H,2,7,10-12H2,(H,18,19,22);1-7H,(H,13,14,16);1-3H,(H,9,10). The highest BCUT2D eigenvalue weighted by Crippen LogP contribution is 2.22. The monoisotopic (exact) mass is 1110 g/mol. The molecule has 0 aromatic carbocycles. The Bertz CT molecular complexity index is 3030. The lowest BCUT2D eigenvalue weighted by Crippen LogP contribution is -2.47. The van der Waals surface area contributed by atoms with Gasteiger partial charge in [-0.3, -0.25) is 34.2 Å². The molecule has 20 nitrogen and oxygen atoms in total. The summed E-state index contributed by atoms with van der Waals surface area (Å²) < 4.78 is 0. The van der Waals surface area contributed by atoms with Crippen LogP contribution in [0.3, 0.4) is 0 Å². The number of anilines is 5. The Morgan fingerprint density at radius 2 is 0.937 bits per heavy atom. The normalized spacial score (nSPS) is 15.0. The van der Waals surface area contributed by atoms with Crippen molar-refractivity contribution < 1.29 is 24.3 Å². The lowest BCUT2D eigenvalue weighted by Gasteiger charge is -2.39. The highest BCUT2D eigenvalue weighted by Gasteiger charge is 2.28. The van der Waals surface area contributed by atoms with Gasteiger partial charge in [0.2, 0.25) is 0 Å². The van der Waals surface area contributed by atoms with Gasteiger partial charge in [-0.25, -0.2) is 24.7 Å². The summed E-state index contributed by atoms with van der Waals surface area (Å²) in [4.78, 5) is 85.1. The van der Waals surface area contributed by atoms with Gasteiger partial charge in [0.15, 0.2) is 0 Å². The summed E-state index contributed by atoms with van der Waals surface area (Å²) >= 11 is 11.1. The Hall–Kier alpha value is -8.01. The van der Waals surface area contributed by atoms with Crippen LogP contribution in [0.15, 0.2) is 146 Å². The smallest absolute Gasteiger partial charge is 0.354 e. The summed E-state index contributed by atoms with van der Waals surface area (Å²) in [5, 5.41) is 20.6. The first-order valence-electron chi connectivity index (χ1n) is 26.1. The van der Waals surface area contributed by atoms with E-state index in [1.165, 1.54) is 38.1 Å². The molecule has 0 aliphatic carbocycles. The Labute approximate surface area is 470 Å². The molecule has 10 heterocycles. The fraction of sp³-hybridized carbons (Fsp3) is 0.316. The molecule has 3 amide bonds. The number of carboxylic acid groups (broad SMARTS) is 1. The number of amides is 3. The van der Waals surface area contributed by atoms with E-state index in [1.807, 2.05) is 24.3 Å². The molecular weight excluding hydrogens is 1050 g/mol. The summed E-state index contributed by atoms with van der Waals surface area (Å²) in [6, 6.07) is 32.4. The summed E-state index contributed by atoms with van der Waals surface area (Å²) in [6.07, 6.45) is 14.5. The molecule has 0 saturated carbocycles. The summed E-state index contributed by atoms with van der Waals surface area (Å²) in [5.41, 5.74) is 3.22. The Balaban J connectivity index is 0.000000164. The molecule has 3 aliphatic rings. The molecule has 7 aromatic heterocycles. The van der Waals surface area contributed by atoms with Gasteiger partial charge in [0.05, 0.1) is 0 Å². The van der Waals surface area contributed by atoms with E-state index in [4.69, 9.17) is 28.3 Å². The van der Waals surface area contributed by atoms with E-state index in [9.17, 15) is 19.2 Å². The number of hydrogen-bond acceptors (Lipinski definition) is 16. The second kappa shape index (κ2) is 30.8. The van der Waals surface area contributed by atoms with Gasteiger partial charge in [0, 0.05) is 112 Å². The van der Waals surface area contributed by atoms with Crippen LogP contribution in [0.25, 0.3) is 0 Å². The van der Waals surface area contributed by atoms with Crippen molar-refractivity contribution in [2.45, 2.75) is 51.6 Å². The number of nitrogens with one attached hydrogen (secondary N) is 4. The fourth-order valence-electron chi connectivity index (χ4n) is 8.78. The van der Waals surface area contributed by atoms with Crippen LogP contribution in [0, 0.1) is 0 Å². The molecule has 79 heavy (non-hydrogen) atoms. The average Bonchev–Trinajstić information content (AvgIpc) is 3.92. The van der Waals surface area contributed by atoms with E-state index in [1.54, 1.807) is 110 Å². The maximum absolute atomic E-state index is 12.6. The van der Waals surface area contributed by atoms with Crippen molar-refractivity contribution in [2.24, 2.45) is 0 Å². The van der Waals surface area contributed by atoms with Crippen LogP contribution in [0.4, 0.5) is 28.7 Å². The van der Waals surface area contributed by atoms with Gasteiger partial charge < -0.3 is 41.1 Å². The van der Waals surface area contributed by atoms with Crippen molar-refractivity contribution in [2.75, 3.05) is 91.2 Å². The lowest BCUT2D eigenvalue weighted by atomic mass is 10.0. The number of carbonyl (C=O) groups is 4. The van der Waals surface area contributed by atoms with Gasteiger partial charge in [0.1, 0.15) is 44.7 Å². The van der Waals surface area contributed by atoms with E-state index >= 15 is 0 Å². The lowest BCUT2D eigenvalue weighted by molar-refractivity contribution is 0.0689.